The fraction of sp³-hybridized carbons (Fsp3) is 0.500. The molecule has 1 aromatic heterocycles. The van der Waals surface area contributed by atoms with E-state index in [1.807, 2.05) is 20.8 Å². The van der Waals surface area contributed by atoms with E-state index < -0.39 is 0 Å². The van der Waals surface area contributed by atoms with Crippen LogP contribution in [0.3, 0.4) is 0 Å². The van der Waals surface area contributed by atoms with Gasteiger partial charge in [0.15, 0.2) is 0 Å². The van der Waals surface area contributed by atoms with Gasteiger partial charge in [0.2, 0.25) is 0 Å². The molecule has 1 rings (SSSR count). The van der Waals surface area contributed by atoms with Crippen molar-refractivity contribution in [3.8, 4) is 0 Å². The van der Waals surface area contributed by atoms with Crippen LogP contribution in [0.15, 0.2) is 0 Å². The number of aromatic nitrogens is 2. The standard InChI is InChI=1S/C8H12ClN3/c1-4-10-8-5(2)7(9)11-6(3)12-8/h4H2,1-3H3,(H,10,11,12). The van der Waals surface area contributed by atoms with Crippen LogP contribution in [0.25, 0.3) is 0 Å². The normalized spacial score (nSPS) is 10.0. The first-order valence-electron chi connectivity index (χ1n) is 3.89. The van der Waals surface area contributed by atoms with Crippen molar-refractivity contribution in [2.45, 2.75) is 20.8 Å². The lowest BCUT2D eigenvalue weighted by Crippen LogP contribution is -2.04. The molecule has 0 fully saturated rings. The van der Waals surface area contributed by atoms with Gasteiger partial charge in [-0.1, -0.05) is 11.6 Å². The number of halogens is 1. The number of hydrogen-bond acceptors (Lipinski definition) is 3. The predicted octanol–water partition coefficient (Wildman–Crippen LogP) is 2.18. The van der Waals surface area contributed by atoms with E-state index in [1.165, 1.54) is 0 Å². The topological polar surface area (TPSA) is 37.8 Å². The van der Waals surface area contributed by atoms with Crippen LogP contribution in [0.2, 0.25) is 5.15 Å². The van der Waals surface area contributed by atoms with E-state index >= 15 is 0 Å². The molecule has 66 valence electrons. The SMILES string of the molecule is CCNc1nc(C)nc(Cl)c1C. The maximum atomic E-state index is 5.86. The average molecular weight is 186 g/mol. The maximum Gasteiger partial charge on any atom is 0.137 e. The lowest BCUT2D eigenvalue weighted by molar-refractivity contribution is 1.01. The molecule has 1 N–H and O–H groups in total. The third-order valence-electron chi connectivity index (χ3n) is 1.54. The van der Waals surface area contributed by atoms with Gasteiger partial charge < -0.3 is 5.32 Å². The van der Waals surface area contributed by atoms with E-state index in [0.29, 0.717) is 11.0 Å². The molecule has 0 aliphatic rings. The van der Waals surface area contributed by atoms with Crippen molar-refractivity contribution in [2.24, 2.45) is 0 Å². The fourth-order valence-corrected chi connectivity index (χ4v) is 1.15. The minimum absolute atomic E-state index is 0.526. The highest BCUT2D eigenvalue weighted by molar-refractivity contribution is 6.30. The highest BCUT2D eigenvalue weighted by atomic mass is 35.5. The zero-order valence-electron chi connectivity index (χ0n) is 7.48. The second-order valence-electron chi connectivity index (χ2n) is 2.57. The second kappa shape index (κ2) is 3.72. The zero-order chi connectivity index (χ0) is 9.14. The minimum Gasteiger partial charge on any atom is -0.370 e. The van der Waals surface area contributed by atoms with Gasteiger partial charge in [-0.05, 0) is 20.8 Å². The Morgan fingerprint density at radius 1 is 1.33 bits per heavy atom. The van der Waals surface area contributed by atoms with Crippen molar-refractivity contribution < 1.29 is 0 Å². The van der Waals surface area contributed by atoms with Gasteiger partial charge >= 0.3 is 0 Å². The molecule has 0 atom stereocenters. The summed E-state index contributed by atoms with van der Waals surface area (Å²) in [4.78, 5) is 8.25. The molecule has 4 heteroatoms. The van der Waals surface area contributed by atoms with Crippen LogP contribution < -0.4 is 5.32 Å². The molecular formula is C8H12ClN3. The van der Waals surface area contributed by atoms with Crippen LogP contribution in [-0.2, 0) is 0 Å². The Labute approximate surface area is 77.2 Å². The van der Waals surface area contributed by atoms with Gasteiger partial charge in [0.05, 0.1) is 0 Å². The van der Waals surface area contributed by atoms with Gasteiger partial charge in [-0.2, -0.15) is 0 Å². The summed E-state index contributed by atoms with van der Waals surface area (Å²) in [5.74, 6) is 1.52. The van der Waals surface area contributed by atoms with Crippen LogP contribution >= 0.6 is 11.6 Å². The smallest absolute Gasteiger partial charge is 0.137 e. The molecule has 0 saturated heterocycles. The van der Waals surface area contributed by atoms with E-state index in [2.05, 4.69) is 15.3 Å². The Hall–Kier alpha value is -0.830. The molecule has 0 bridgehead atoms. The molecule has 0 aliphatic carbocycles. The summed E-state index contributed by atoms with van der Waals surface area (Å²) in [6.07, 6.45) is 0. The molecule has 12 heavy (non-hydrogen) atoms. The summed E-state index contributed by atoms with van der Waals surface area (Å²) in [6.45, 7) is 6.59. The van der Waals surface area contributed by atoms with Crippen molar-refractivity contribution in [1.29, 1.82) is 0 Å². The Bertz CT molecular complexity index is 286. The molecule has 3 nitrogen and oxygen atoms in total. The lowest BCUT2D eigenvalue weighted by atomic mass is 10.3. The number of nitrogens with one attached hydrogen (secondary N) is 1. The van der Waals surface area contributed by atoms with E-state index in [9.17, 15) is 0 Å². The van der Waals surface area contributed by atoms with Gasteiger partial charge in [-0.3, -0.25) is 0 Å². The summed E-state index contributed by atoms with van der Waals surface area (Å²) in [5, 5.41) is 3.65. The quantitative estimate of drug-likeness (QED) is 0.718. The fourth-order valence-electron chi connectivity index (χ4n) is 0.934. The minimum atomic E-state index is 0.526. The largest absolute Gasteiger partial charge is 0.370 e. The summed E-state index contributed by atoms with van der Waals surface area (Å²) in [7, 11) is 0. The zero-order valence-corrected chi connectivity index (χ0v) is 8.24. The highest BCUT2D eigenvalue weighted by Gasteiger charge is 2.05. The summed E-state index contributed by atoms with van der Waals surface area (Å²) >= 11 is 5.86. The number of nitrogens with zero attached hydrogens (tertiary/aromatic N) is 2. The van der Waals surface area contributed by atoms with Crippen LogP contribution in [0.5, 0.6) is 0 Å². The molecular weight excluding hydrogens is 174 g/mol. The molecule has 1 aromatic rings. The van der Waals surface area contributed by atoms with E-state index in [-0.39, 0.29) is 0 Å². The number of hydrogen-bond donors (Lipinski definition) is 1. The number of anilines is 1. The van der Waals surface area contributed by atoms with Gasteiger partial charge in [-0.25, -0.2) is 9.97 Å². The second-order valence-corrected chi connectivity index (χ2v) is 2.92. The van der Waals surface area contributed by atoms with Crippen LogP contribution in [0.1, 0.15) is 18.3 Å². The molecule has 0 radical (unpaired) electrons. The van der Waals surface area contributed by atoms with Gasteiger partial charge in [0, 0.05) is 12.1 Å². The first kappa shape index (κ1) is 9.26. The molecule has 0 spiro atoms. The molecule has 0 aromatic carbocycles. The maximum absolute atomic E-state index is 5.86. The summed E-state index contributed by atoms with van der Waals surface area (Å²) < 4.78 is 0. The molecule has 0 saturated carbocycles. The van der Waals surface area contributed by atoms with E-state index in [0.717, 1.165) is 17.9 Å². The van der Waals surface area contributed by atoms with Crippen molar-refractivity contribution in [1.82, 2.24) is 9.97 Å². The first-order valence-corrected chi connectivity index (χ1v) is 4.27. The third-order valence-corrected chi connectivity index (χ3v) is 1.91. The van der Waals surface area contributed by atoms with E-state index in [1.54, 1.807) is 0 Å². The Balaban J connectivity index is 3.09. The molecule has 0 aliphatic heterocycles. The van der Waals surface area contributed by atoms with Crippen molar-refractivity contribution in [2.75, 3.05) is 11.9 Å². The predicted molar refractivity (Wildman–Crippen MR) is 50.7 cm³/mol. The van der Waals surface area contributed by atoms with Crippen molar-refractivity contribution in [3.63, 3.8) is 0 Å². The van der Waals surface area contributed by atoms with Crippen LogP contribution in [0.4, 0.5) is 5.82 Å². The molecule has 1 heterocycles. The monoisotopic (exact) mass is 185 g/mol. The van der Waals surface area contributed by atoms with Crippen molar-refractivity contribution in [3.05, 3.63) is 16.5 Å². The molecule has 0 amide bonds. The number of rotatable bonds is 2. The molecule has 0 unspecified atom stereocenters. The Morgan fingerprint density at radius 3 is 2.58 bits per heavy atom. The van der Waals surface area contributed by atoms with Gasteiger partial charge in [0.25, 0.3) is 0 Å². The third kappa shape index (κ3) is 1.85. The van der Waals surface area contributed by atoms with Crippen LogP contribution in [0, 0.1) is 13.8 Å². The van der Waals surface area contributed by atoms with E-state index in [4.69, 9.17) is 11.6 Å². The van der Waals surface area contributed by atoms with Crippen LogP contribution in [-0.4, -0.2) is 16.5 Å². The first-order chi connectivity index (χ1) is 5.65. The number of aryl methyl sites for hydroxylation is 1. The lowest BCUT2D eigenvalue weighted by Gasteiger charge is -2.07. The van der Waals surface area contributed by atoms with Gasteiger partial charge in [0.1, 0.15) is 16.8 Å². The highest BCUT2D eigenvalue weighted by Crippen LogP contribution is 2.18. The summed E-state index contributed by atoms with van der Waals surface area (Å²) in [6, 6.07) is 0. The summed E-state index contributed by atoms with van der Waals surface area (Å²) in [5.41, 5.74) is 0.907. The van der Waals surface area contributed by atoms with Gasteiger partial charge in [-0.15, -0.1) is 0 Å². The average Bonchev–Trinajstić information content (AvgIpc) is 2.00. The van der Waals surface area contributed by atoms with Crippen molar-refractivity contribution >= 4 is 17.4 Å². The Kier molecular flexibility index (Phi) is 2.87. The Morgan fingerprint density at radius 2 is 2.00 bits per heavy atom.